The van der Waals surface area contributed by atoms with Crippen molar-refractivity contribution in [3.05, 3.63) is 35.9 Å². The van der Waals surface area contributed by atoms with E-state index in [0.717, 1.165) is 17.9 Å². The summed E-state index contributed by atoms with van der Waals surface area (Å²) in [5, 5.41) is 0. The fraction of sp³-hybridized carbons (Fsp3) is 0.417. The molecule has 2 nitrogen and oxygen atoms in total. The molecule has 0 aromatic heterocycles. The van der Waals surface area contributed by atoms with Crippen LogP contribution in [-0.4, -0.2) is 42.8 Å². The molecule has 1 rings (SSSR count). The van der Waals surface area contributed by atoms with Gasteiger partial charge in [-0.1, -0.05) is 30.3 Å². The lowest BCUT2D eigenvalue weighted by atomic mass is 10.2. The average molecular weight is 223 g/mol. The molecule has 82 valence electrons. The van der Waals surface area contributed by atoms with Crippen molar-refractivity contribution in [2.24, 2.45) is 0 Å². The third-order valence-corrected chi connectivity index (χ3v) is 2.95. The Kier molecular flexibility index (Phi) is 5.43. The van der Waals surface area contributed by atoms with Gasteiger partial charge in [-0.25, -0.2) is 0 Å². The van der Waals surface area contributed by atoms with Crippen LogP contribution in [0.2, 0.25) is 0 Å². The van der Waals surface area contributed by atoms with Gasteiger partial charge in [0.25, 0.3) is 0 Å². The fourth-order valence-electron chi connectivity index (χ4n) is 1.12. The number of nitrogens with zero attached hydrogens (tertiary/aromatic N) is 1. The van der Waals surface area contributed by atoms with Gasteiger partial charge in [0, 0.05) is 17.9 Å². The maximum absolute atomic E-state index is 11.7. The van der Waals surface area contributed by atoms with Crippen LogP contribution in [0.3, 0.4) is 0 Å². The van der Waals surface area contributed by atoms with Crippen molar-refractivity contribution >= 4 is 17.5 Å². The predicted molar refractivity (Wildman–Crippen MR) is 66.7 cm³/mol. The van der Waals surface area contributed by atoms with E-state index in [-0.39, 0.29) is 5.78 Å². The van der Waals surface area contributed by atoms with Gasteiger partial charge >= 0.3 is 0 Å². The zero-order chi connectivity index (χ0) is 11.1. The number of thioether (sulfide) groups is 1. The monoisotopic (exact) mass is 223 g/mol. The second kappa shape index (κ2) is 6.64. The van der Waals surface area contributed by atoms with Crippen LogP contribution in [-0.2, 0) is 0 Å². The van der Waals surface area contributed by atoms with Crippen molar-refractivity contribution in [3.63, 3.8) is 0 Å². The van der Waals surface area contributed by atoms with E-state index in [2.05, 4.69) is 4.90 Å². The van der Waals surface area contributed by atoms with E-state index in [1.165, 1.54) is 0 Å². The molecule has 0 bridgehead atoms. The molecular formula is C12H17NOS. The molecule has 0 aliphatic rings. The normalized spacial score (nSPS) is 10.6. The Bertz CT molecular complexity index is 298. The summed E-state index contributed by atoms with van der Waals surface area (Å²) in [6.45, 7) is 1.02. The van der Waals surface area contributed by atoms with Crippen LogP contribution >= 0.6 is 11.8 Å². The quantitative estimate of drug-likeness (QED) is 0.544. The Hall–Kier alpha value is -0.800. The lowest BCUT2D eigenvalue weighted by Gasteiger charge is -2.08. The van der Waals surface area contributed by atoms with Crippen molar-refractivity contribution < 1.29 is 4.79 Å². The van der Waals surface area contributed by atoms with Gasteiger partial charge in [0.15, 0.2) is 5.78 Å². The fourth-order valence-corrected chi connectivity index (χ4v) is 2.11. The van der Waals surface area contributed by atoms with Gasteiger partial charge in [0.1, 0.15) is 0 Å². The van der Waals surface area contributed by atoms with Crippen LogP contribution in [0.25, 0.3) is 0 Å². The molecule has 0 N–H and O–H groups in total. The zero-order valence-corrected chi connectivity index (χ0v) is 10.1. The molecule has 0 heterocycles. The number of carbonyl (C=O) groups is 1. The Morgan fingerprint density at radius 2 is 1.93 bits per heavy atom. The van der Waals surface area contributed by atoms with Crippen molar-refractivity contribution in [1.29, 1.82) is 0 Å². The summed E-state index contributed by atoms with van der Waals surface area (Å²) in [6, 6.07) is 9.47. The largest absolute Gasteiger partial charge is 0.309 e. The van der Waals surface area contributed by atoms with Gasteiger partial charge < -0.3 is 4.90 Å². The number of hydrogen-bond acceptors (Lipinski definition) is 3. The first-order valence-corrected chi connectivity index (χ1v) is 6.16. The summed E-state index contributed by atoms with van der Waals surface area (Å²) < 4.78 is 0. The molecule has 0 unspecified atom stereocenters. The highest BCUT2D eigenvalue weighted by Gasteiger charge is 2.04. The highest BCUT2D eigenvalue weighted by atomic mass is 32.2. The van der Waals surface area contributed by atoms with E-state index >= 15 is 0 Å². The summed E-state index contributed by atoms with van der Waals surface area (Å²) >= 11 is 1.69. The first-order valence-electron chi connectivity index (χ1n) is 5.01. The van der Waals surface area contributed by atoms with Crippen LogP contribution in [0.1, 0.15) is 10.4 Å². The molecule has 1 aromatic carbocycles. The molecule has 0 fully saturated rings. The number of benzene rings is 1. The molecule has 0 aliphatic heterocycles. The zero-order valence-electron chi connectivity index (χ0n) is 9.27. The Balaban J connectivity index is 2.25. The highest BCUT2D eigenvalue weighted by molar-refractivity contribution is 8.00. The van der Waals surface area contributed by atoms with E-state index < -0.39 is 0 Å². The van der Waals surface area contributed by atoms with Gasteiger partial charge in [0.2, 0.25) is 0 Å². The number of rotatable bonds is 6. The van der Waals surface area contributed by atoms with Gasteiger partial charge in [-0.3, -0.25) is 4.79 Å². The van der Waals surface area contributed by atoms with E-state index in [4.69, 9.17) is 0 Å². The Labute approximate surface area is 95.7 Å². The van der Waals surface area contributed by atoms with Gasteiger partial charge in [-0.15, -0.1) is 0 Å². The average Bonchev–Trinajstić information content (AvgIpc) is 2.25. The first-order chi connectivity index (χ1) is 7.20. The topological polar surface area (TPSA) is 20.3 Å². The second-order valence-electron chi connectivity index (χ2n) is 3.65. The summed E-state index contributed by atoms with van der Waals surface area (Å²) in [5.74, 6) is 1.81. The maximum atomic E-state index is 11.7. The van der Waals surface area contributed by atoms with Gasteiger partial charge in [-0.05, 0) is 14.1 Å². The third-order valence-electron chi connectivity index (χ3n) is 2.01. The molecule has 0 spiro atoms. The minimum atomic E-state index is 0.222. The summed E-state index contributed by atoms with van der Waals surface area (Å²) in [4.78, 5) is 13.8. The number of carbonyl (C=O) groups excluding carboxylic acids is 1. The second-order valence-corrected chi connectivity index (χ2v) is 4.75. The van der Waals surface area contributed by atoms with Crippen molar-refractivity contribution in [2.75, 3.05) is 32.1 Å². The molecular weight excluding hydrogens is 206 g/mol. The smallest absolute Gasteiger partial charge is 0.172 e. The maximum Gasteiger partial charge on any atom is 0.172 e. The lowest BCUT2D eigenvalue weighted by molar-refractivity contribution is 0.102. The first kappa shape index (κ1) is 12.3. The number of ketones is 1. The van der Waals surface area contributed by atoms with Crippen molar-refractivity contribution in [2.45, 2.75) is 0 Å². The molecule has 0 radical (unpaired) electrons. The third kappa shape index (κ3) is 5.00. The van der Waals surface area contributed by atoms with Crippen LogP contribution in [0.5, 0.6) is 0 Å². The standard InChI is InChI=1S/C12H17NOS/c1-13(2)8-9-15-10-12(14)11-6-4-3-5-7-11/h3-7H,8-10H2,1-2H3. The van der Waals surface area contributed by atoms with Crippen LogP contribution in [0, 0.1) is 0 Å². The van der Waals surface area contributed by atoms with Crippen LogP contribution < -0.4 is 0 Å². The van der Waals surface area contributed by atoms with Gasteiger partial charge in [-0.2, -0.15) is 11.8 Å². The van der Waals surface area contributed by atoms with Crippen LogP contribution in [0.15, 0.2) is 30.3 Å². The van der Waals surface area contributed by atoms with Crippen LogP contribution in [0.4, 0.5) is 0 Å². The number of hydrogen-bond donors (Lipinski definition) is 0. The summed E-state index contributed by atoms with van der Waals surface area (Å²) in [7, 11) is 4.08. The molecule has 0 saturated carbocycles. The molecule has 0 saturated heterocycles. The molecule has 15 heavy (non-hydrogen) atoms. The molecule has 0 aliphatic carbocycles. The van der Waals surface area contributed by atoms with E-state index in [0.29, 0.717) is 5.75 Å². The van der Waals surface area contributed by atoms with E-state index in [1.54, 1.807) is 11.8 Å². The molecule has 0 atom stereocenters. The lowest BCUT2D eigenvalue weighted by Crippen LogP contribution is -2.15. The minimum Gasteiger partial charge on any atom is -0.309 e. The van der Waals surface area contributed by atoms with E-state index in [1.807, 2.05) is 44.4 Å². The predicted octanol–water partition coefficient (Wildman–Crippen LogP) is 2.16. The summed E-state index contributed by atoms with van der Waals surface area (Å²) in [6.07, 6.45) is 0. The molecule has 3 heteroatoms. The van der Waals surface area contributed by atoms with Gasteiger partial charge in [0.05, 0.1) is 5.75 Å². The Morgan fingerprint density at radius 1 is 1.27 bits per heavy atom. The SMILES string of the molecule is CN(C)CCSCC(=O)c1ccccc1. The van der Waals surface area contributed by atoms with Crippen molar-refractivity contribution in [1.82, 2.24) is 4.90 Å². The molecule has 0 amide bonds. The highest BCUT2D eigenvalue weighted by Crippen LogP contribution is 2.06. The van der Waals surface area contributed by atoms with E-state index in [9.17, 15) is 4.79 Å². The Morgan fingerprint density at radius 3 is 2.53 bits per heavy atom. The van der Waals surface area contributed by atoms with Crippen molar-refractivity contribution in [3.8, 4) is 0 Å². The number of Topliss-reactive ketones (excluding diaryl/α,β-unsaturated/α-hetero) is 1. The minimum absolute atomic E-state index is 0.222. The molecule has 1 aromatic rings. The summed E-state index contributed by atoms with van der Waals surface area (Å²) in [5.41, 5.74) is 0.815.